The normalized spacial score (nSPS) is 17.9. The minimum atomic E-state index is -0.130. The number of nitrogens with one attached hydrogen (secondary N) is 1. The van der Waals surface area contributed by atoms with E-state index in [1.165, 1.54) is 0 Å². The van der Waals surface area contributed by atoms with Crippen molar-refractivity contribution in [1.82, 2.24) is 9.97 Å². The van der Waals surface area contributed by atoms with Crippen molar-refractivity contribution in [3.63, 3.8) is 0 Å². The molecule has 0 bridgehead atoms. The number of nitrogens with zero attached hydrogens (tertiary/aromatic N) is 2. The zero-order valence-corrected chi connectivity index (χ0v) is 7.90. The first-order chi connectivity index (χ1) is 6.88. The monoisotopic (exact) mass is 195 g/mol. The van der Waals surface area contributed by atoms with Crippen molar-refractivity contribution in [2.24, 2.45) is 0 Å². The van der Waals surface area contributed by atoms with E-state index in [-0.39, 0.29) is 5.56 Å². The predicted octanol–water partition coefficient (Wildman–Crippen LogP) is -0.00340. The molecule has 76 valence electrons. The highest BCUT2D eigenvalue weighted by Crippen LogP contribution is 2.06. The highest BCUT2D eigenvalue weighted by molar-refractivity contribution is 5.34. The lowest BCUT2D eigenvalue weighted by molar-refractivity contribution is 0.152. The van der Waals surface area contributed by atoms with Crippen LogP contribution >= 0.6 is 0 Å². The zero-order chi connectivity index (χ0) is 9.80. The Morgan fingerprint density at radius 2 is 2.36 bits per heavy atom. The molecule has 2 rings (SSSR count). The molecule has 1 aromatic heterocycles. The Bertz CT molecular complexity index is 342. The standard InChI is InChI=1S/C9H13N3O2/c13-9-8(10-2-3-11-9)12-4-1-6-14-7-5-12/h2-3H,1,4-7H2,(H,11,13). The average molecular weight is 195 g/mol. The van der Waals surface area contributed by atoms with Crippen LogP contribution in [-0.4, -0.2) is 36.3 Å². The van der Waals surface area contributed by atoms with Crippen molar-refractivity contribution in [2.45, 2.75) is 6.42 Å². The molecule has 1 aromatic rings. The van der Waals surface area contributed by atoms with Crippen molar-refractivity contribution >= 4 is 5.82 Å². The lowest BCUT2D eigenvalue weighted by Crippen LogP contribution is -2.32. The summed E-state index contributed by atoms with van der Waals surface area (Å²) in [4.78, 5) is 20.1. The van der Waals surface area contributed by atoms with E-state index < -0.39 is 0 Å². The van der Waals surface area contributed by atoms with E-state index >= 15 is 0 Å². The van der Waals surface area contributed by atoms with E-state index in [1.54, 1.807) is 12.4 Å². The molecule has 14 heavy (non-hydrogen) atoms. The molecule has 5 nitrogen and oxygen atoms in total. The van der Waals surface area contributed by atoms with Crippen LogP contribution in [0.2, 0.25) is 0 Å². The van der Waals surface area contributed by atoms with Crippen LogP contribution in [0.15, 0.2) is 17.2 Å². The van der Waals surface area contributed by atoms with Gasteiger partial charge >= 0.3 is 0 Å². The second kappa shape index (κ2) is 4.23. The summed E-state index contributed by atoms with van der Waals surface area (Å²) in [5.41, 5.74) is -0.130. The largest absolute Gasteiger partial charge is 0.380 e. The van der Waals surface area contributed by atoms with E-state index in [9.17, 15) is 4.79 Å². The van der Waals surface area contributed by atoms with Gasteiger partial charge in [-0.05, 0) is 6.42 Å². The number of aromatic amines is 1. The summed E-state index contributed by atoms with van der Waals surface area (Å²) >= 11 is 0. The van der Waals surface area contributed by atoms with Gasteiger partial charge in [-0.2, -0.15) is 0 Å². The minimum Gasteiger partial charge on any atom is -0.380 e. The summed E-state index contributed by atoms with van der Waals surface area (Å²) in [6, 6.07) is 0. The van der Waals surface area contributed by atoms with Crippen LogP contribution < -0.4 is 10.5 Å². The molecule has 0 aliphatic carbocycles. The van der Waals surface area contributed by atoms with Gasteiger partial charge < -0.3 is 14.6 Å². The second-order valence-electron chi connectivity index (χ2n) is 3.19. The molecule has 5 heteroatoms. The van der Waals surface area contributed by atoms with Crippen molar-refractivity contribution in [2.75, 3.05) is 31.2 Å². The maximum atomic E-state index is 11.4. The maximum Gasteiger partial charge on any atom is 0.290 e. The van der Waals surface area contributed by atoms with Crippen molar-refractivity contribution in [1.29, 1.82) is 0 Å². The van der Waals surface area contributed by atoms with E-state index in [0.29, 0.717) is 12.4 Å². The van der Waals surface area contributed by atoms with Gasteiger partial charge in [0.1, 0.15) is 0 Å². The van der Waals surface area contributed by atoms with Gasteiger partial charge in [-0.15, -0.1) is 0 Å². The molecule has 1 saturated heterocycles. The Morgan fingerprint density at radius 3 is 3.21 bits per heavy atom. The minimum absolute atomic E-state index is 0.130. The third-order valence-corrected chi connectivity index (χ3v) is 2.21. The molecule has 1 N–H and O–H groups in total. The van der Waals surface area contributed by atoms with Gasteiger partial charge in [-0.1, -0.05) is 0 Å². The van der Waals surface area contributed by atoms with Crippen LogP contribution in [0.4, 0.5) is 5.82 Å². The Balaban J connectivity index is 2.20. The molecule has 0 saturated carbocycles. The molecule has 0 atom stereocenters. The van der Waals surface area contributed by atoms with Gasteiger partial charge in [0.05, 0.1) is 6.61 Å². The molecule has 0 spiro atoms. The molecular formula is C9H13N3O2. The third kappa shape index (κ3) is 1.93. The van der Waals surface area contributed by atoms with E-state index in [2.05, 4.69) is 9.97 Å². The first-order valence-corrected chi connectivity index (χ1v) is 4.74. The fraction of sp³-hybridized carbons (Fsp3) is 0.556. The van der Waals surface area contributed by atoms with Crippen LogP contribution in [0.25, 0.3) is 0 Å². The third-order valence-electron chi connectivity index (χ3n) is 2.21. The number of aromatic nitrogens is 2. The summed E-state index contributed by atoms with van der Waals surface area (Å²) in [6.45, 7) is 3.00. The van der Waals surface area contributed by atoms with Crippen LogP contribution in [-0.2, 0) is 4.74 Å². The lowest BCUT2D eigenvalue weighted by atomic mass is 10.4. The van der Waals surface area contributed by atoms with E-state index in [1.807, 2.05) is 4.90 Å². The molecule has 1 aliphatic heterocycles. The van der Waals surface area contributed by atoms with Crippen molar-refractivity contribution < 1.29 is 4.74 Å². The smallest absolute Gasteiger partial charge is 0.290 e. The molecule has 0 aromatic carbocycles. The Hall–Kier alpha value is -1.36. The second-order valence-corrected chi connectivity index (χ2v) is 3.19. The molecule has 1 fully saturated rings. The predicted molar refractivity (Wildman–Crippen MR) is 52.5 cm³/mol. The molecule has 0 unspecified atom stereocenters. The van der Waals surface area contributed by atoms with Crippen LogP contribution in [0.1, 0.15) is 6.42 Å². The fourth-order valence-electron chi connectivity index (χ4n) is 1.53. The van der Waals surface area contributed by atoms with Gasteiger partial charge in [0.15, 0.2) is 5.82 Å². The van der Waals surface area contributed by atoms with Gasteiger partial charge in [-0.25, -0.2) is 4.98 Å². The first-order valence-electron chi connectivity index (χ1n) is 4.74. The topological polar surface area (TPSA) is 58.2 Å². The lowest BCUT2D eigenvalue weighted by Gasteiger charge is -2.18. The van der Waals surface area contributed by atoms with Gasteiger partial charge in [0.2, 0.25) is 0 Å². The Labute approximate surface area is 81.7 Å². The van der Waals surface area contributed by atoms with Crippen LogP contribution in [0.3, 0.4) is 0 Å². The highest BCUT2D eigenvalue weighted by Gasteiger charge is 2.13. The van der Waals surface area contributed by atoms with Crippen LogP contribution in [0, 0.1) is 0 Å². The van der Waals surface area contributed by atoms with Crippen molar-refractivity contribution in [3.05, 3.63) is 22.7 Å². The number of rotatable bonds is 1. The summed E-state index contributed by atoms with van der Waals surface area (Å²) in [6.07, 6.45) is 4.08. The van der Waals surface area contributed by atoms with Crippen LogP contribution in [0.5, 0.6) is 0 Å². The quantitative estimate of drug-likeness (QED) is 0.685. The molecule has 0 radical (unpaired) electrons. The molecule has 0 amide bonds. The maximum absolute atomic E-state index is 11.4. The molecule has 1 aliphatic rings. The van der Waals surface area contributed by atoms with Gasteiger partial charge in [0.25, 0.3) is 5.56 Å². The number of hydrogen-bond acceptors (Lipinski definition) is 4. The highest BCUT2D eigenvalue weighted by atomic mass is 16.5. The SMILES string of the molecule is O=c1[nH]ccnc1N1CCCOCC1. The number of anilines is 1. The summed E-state index contributed by atoms with van der Waals surface area (Å²) < 4.78 is 5.30. The Morgan fingerprint density at radius 1 is 1.43 bits per heavy atom. The summed E-state index contributed by atoms with van der Waals surface area (Å²) in [5.74, 6) is 0.498. The van der Waals surface area contributed by atoms with Crippen molar-refractivity contribution in [3.8, 4) is 0 Å². The number of hydrogen-bond donors (Lipinski definition) is 1. The molecular weight excluding hydrogens is 182 g/mol. The number of ether oxygens (including phenoxy) is 1. The van der Waals surface area contributed by atoms with E-state index in [4.69, 9.17) is 4.74 Å². The zero-order valence-electron chi connectivity index (χ0n) is 7.90. The average Bonchev–Trinajstić information content (AvgIpc) is 2.47. The summed E-state index contributed by atoms with van der Waals surface area (Å²) in [7, 11) is 0. The Kier molecular flexibility index (Phi) is 2.78. The fourth-order valence-corrected chi connectivity index (χ4v) is 1.53. The first kappa shape index (κ1) is 9.21. The van der Waals surface area contributed by atoms with Gasteiger partial charge in [-0.3, -0.25) is 4.79 Å². The van der Waals surface area contributed by atoms with Gasteiger partial charge in [0, 0.05) is 32.1 Å². The summed E-state index contributed by atoms with van der Waals surface area (Å²) in [5, 5.41) is 0. The molecule has 2 heterocycles. The van der Waals surface area contributed by atoms with E-state index in [0.717, 1.165) is 26.1 Å². The number of H-pyrrole nitrogens is 1.